The highest BCUT2D eigenvalue weighted by Gasteiger charge is 2.22. The highest BCUT2D eigenvalue weighted by atomic mass is 32.1. The number of nitrogens with two attached hydrogens (primary N) is 1. The van der Waals surface area contributed by atoms with Crippen molar-refractivity contribution in [2.75, 3.05) is 20.3 Å². The first kappa shape index (κ1) is 15.7. The number of fused-ring (bicyclic) bond motifs is 1. The van der Waals surface area contributed by atoms with Crippen LogP contribution in [0.4, 0.5) is 0 Å². The Morgan fingerprint density at radius 1 is 1.24 bits per heavy atom. The van der Waals surface area contributed by atoms with Crippen molar-refractivity contribution in [3.05, 3.63) is 48.0 Å². The van der Waals surface area contributed by atoms with Crippen molar-refractivity contribution in [3.8, 4) is 0 Å². The van der Waals surface area contributed by atoms with Gasteiger partial charge in [0.25, 0.3) is 0 Å². The van der Waals surface area contributed by atoms with Gasteiger partial charge >= 0.3 is 0 Å². The molecule has 0 aliphatic heterocycles. The molecule has 0 saturated heterocycles. The van der Waals surface area contributed by atoms with Crippen molar-refractivity contribution in [2.45, 2.75) is 19.4 Å². The summed E-state index contributed by atoms with van der Waals surface area (Å²) in [7, 11) is 1.71. The van der Waals surface area contributed by atoms with E-state index >= 15 is 0 Å². The number of benzene rings is 2. The number of hydrogen-bond donors (Lipinski definition) is 1. The molecule has 0 aliphatic carbocycles. The van der Waals surface area contributed by atoms with E-state index in [0.29, 0.717) is 11.7 Å². The molecule has 3 nitrogen and oxygen atoms in total. The van der Waals surface area contributed by atoms with Crippen LogP contribution in [0, 0.1) is 0 Å². The van der Waals surface area contributed by atoms with Crippen molar-refractivity contribution in [3.63, 3.8) is 0 Å². The van der Waals surface area contributed by atoms with E-state index in [1.807, 2.05) is 0 Å². The molecular weight excluding hydrogens is 280 g/mol. The SMILES string of the molecule is CCCN(C(N)=S)C(COC)c1cccc2ccccc12. The quantitative estimate of drug-likeness (QED) is 0.829. The van der Waals surface area contributed by atoms with E-state index < -0.39 is 0 Å². The summed E-state index contributed by atoms with van der Waals surface area (Å²) < 4.78 is 5.43. The van der Waals surface area contributed by atoms with E-state index in [2.05, 4.69) is 54.3 Å². The lowest BCUT2D eigenvalue weighted by Crippen LogP contribution is -2.41. The van der Waals surface area contributed by atoms with Crippen LogP contribution in [0.15, 0.2) is 42.5 Å². The van der Waals surface area contributed by atoms with Crippen molar-refractivity contribution in [2.24, 2.45) is 5.73 Å². The van der Waals surface area contributed by atoms with Crippen molar-refractivity contribution < 1.29 is 4.74 Å². The average molecular weight is 302 g/mol. The largest absolute Gasteiger partial charge is 0.382 e. The molecule has 0 heterocycles. The van der Waals surface area contributed by atoms with Gasteiger partial charge in [0, 0.05) is 13.7 Å². The summed E-state index contributed by atoms with van der Waals surface area (Å²) >= 11 is 5.24. The minimum absolute atomic E-state index is 0.0403. The molecule has 1 atom stereocenters. The molecular formula is C17H22N2OS. The minimum Gasteiger partial charge on any atom is -0.382 e. The Morgan fingerprint density at radius 2 is 1.95 bits per heavy atom. The summed E-state index contributed by atoms with van der Waals surface area (Å²) in [5.41, 5.74) is 7.14. The molecule has 112 valence electrons. The Labute approximate surface area is 131 Å². The van der Waals surface area contributed by atoms with E-state index in [4.69, 9.17) is 22.7 Å². The van der Waals surface area contributed by atoms with Gasteiger partial charge in [-0.3, -0.25) is 0 Å². The summed E-state index contributed by atoms with van der Waals surface area (Å²) in [6, 6.07) is 14.7. The number of methoxy groups -OCH3 is 1. The summed E-state index contributed by atoms with van der Waals surface area (Å²) in [6.07, 6.45) is 0.988. The molecule has 0 spiro atoms. The molecule has 2 N–H and O–H groups in total. The monoisotopic (exact) mass is 302 g/mol. The van der Waals surface area contributed by atoms with Gasteiger partial charge in [0.2, 0.25) is 0 Å². The van der Waals surface area contributed by atoms with Crippen LogP contribution in [0.1, 0.15) is 24.9 Å². The second-order valence-corrected chi connectivity index (χ2v) is 5.49. The second-order valence-electron chi connectivity index (χ2n) is 5.07. The van der Waals surface area contributed by atoms with Crippen molar-refractivity contribution in [1.29, 1.82) is 0 Å². The fourth-order valence-electron chi connectivity index (χ4n) is 2.71. The Balaban J connectivity index is 2.51. The van der Waals surface area contributed by atoms with Crippen molar-refractivity contribution in [1.82, 2.24) is 4.90 Å². The molecule has 0 saturated carbocycles. The number of nitrogens with zero attached hydrogens (tertiary/aromatic N) is 1. The minimum atomic E-state index is 0.0403. The predicted octanol–water partition coefficient (Wildman–Crippen LogP) is 3.48. The van der Waals surface area contributed by atoms with Crippen LogP contribution in [-0.2, 0) is 4.74 Å². The Kier molecular flexibility index (Phi) is 5.53. The van der Waals surface area contributed by atoms with Crippen LogP contribution in [0.5, 0.6) is 0 Å². The van der Waals surface area contributed by atoms with Gasteiger partial charge in [0.05, 0.1) is 12.6 Å². The van der Waals surface area contributed by atoms with E-state index in [1.54, 1.807) is 7.11 Å². The van der Waals surface area contributed by atoms with E-state index in [0.717, 1.165) is 13.0 Å². The highest BCUT2D eigenvalue weighted by molar-refractivity contribution is 7.80. The van der Waals surface area contributed by atoms with Crippen LogP contribution < -0.4 is 5.73 Å². The smallest absolute Gasteiger partial charge is 0.166 e. The second kappa shape index (κ2) is 7.38. The maximum atomic E-state index is 5.94. The van der Waals surface area contributed by atoms with Crippen LogP contribution >= 0.6 is 12.2 Å². The molecule has 21 heavy (non-hydrogen) atoms. The van der Waals surface area contributed by atoms with Crippen LogP contribution in [0.25, 0.3) is 10.8 Å². The van der Waals surface area contributed by atoms with Gasteiger partial charge in [-0.05, 0) is 35.0 Å². The van der Waals surface area contributed by atoms with Crippen LogP contribution in [0.2, 0.25) is 0 Å². The van der Waals surface area contributed by atoms with Gasteiger partial charge in [-0.15, -0.1) is 0 Å². The first-order chi connectivity index (χ1) is 10.2. The van der Waals surface area contributed by atoms with Gasteiger partial charge in [0.1, 0.15) is 0 Å². The zero-order valence-corrected chi connectivity index (χ0v) is 13.4. The molecule has 2 aromatic carbocycles. The van der Waals surface area contributed by atoms with Gasteiger partial charge in [-0.25, -0.2) is 0 Å². The van der Waals surface area contributed by atoms with E-state index in [9.17, 15) is 0 Å². The third-order valence-electron chi connectivity index (χ3n) is 3.63. The molecule has 2 rings (SSSR count). The molecule has 0 aliphatic rings. The molecule has 0 amide bonds. The topological polar surface area (TPSA) is 38.5 Å². The molecule has 4 heteroatoms. The number of hydrogen-bond acceptors (Lipinski definition) is 2. The lowest BCUT2D eigenvalue weighted by Gasteiger charge is -2.32. The molecule has 0 fully saturated rings. The van der Waals surface area contributed by atoms with Crippen LogP contribution in [0.3, 0.4) is 0 Å². The fraction of sp³-hybridized carbons (Fsp3) is 0.353. The summed E-state index contributed by atoms with van der Waals surface area (Å²) in [5.74, 6) is 0. The molecule has 1 unspecified atom stereocenters. The molecule has 0 radical (unpaired) electrons. The molecule has 2 aromatic rings. The lowest BCUT2D eigenvalue weighted by molar-refractivity contribution is 0.129. The predicted molar refractivity (Wildman–Crippen MR) is 92.3 cm³/mol. The molecule has 0 aromatic heterocycles. The van der Waals surface area contributed by atoms with Gasteiger partial charge in [-0.2, -0.15) is 0 Å². The first-order valence-corrected chi connectivity index (χ1v) is 7.62. The lowest BCUT2D eigenvalue weighted by atomic mass is 9.98. The van der Waals surface area contributed by atoms with Gasteiger partial charge in [-0.1, -0.05) is 49.4 Å². The van der Waals surface area contributed by atoms with E-state index in [1.165, 1.54) is 16.3 Å². The number of rotatable bonds is 6. The third kappa shape index (κ3) is 3.52. The van der Waals surface area contributed by atoms with E-state index in [-0.39, 0.29) is 6.04 Å². The number of ether oxygens (including phenoxy) is 1. The van der Waals surface area contributed by atoms with Gasteiger partial charge < -0.3 is 15.4 Å². The maximum Gasteiger partial charge on any atom is 0.166 e. The van der Waals surface area contributed by atoms with Crippen molar-refractivity contribution >= 4 is 28.1 Å². The van der Waals surface area contributed by atoms with Crippen LogP contribution in [-0.4, -0.2) is 30.3 Å². The molecule has 0 bridgehead atoms. The Bertz CT molecular complexity index is 609. The van der Waals surface area contributed by atoms with Gasteiger partial charge in [0.15, 0.2) is 5.11 Å². The summed E-state index contributed by atoms with van der Waals surface area (Å²) in [5, 5.41) is 2.86. The standard InChI is InChI=1S/C17H22N2OS/c1-3-11-19(17(18)21)16(12-20-2)15-10-6-8-13-7-4-5-9-14(13)15/h4-10,16H,3,11-12H2,1-2H3,(H2,18,21). The normalized spacial score (nSPS) is 12.3. The summed E-state index contributed by atoms with van der Waals surface area (Å²) in [6.45, 7) is 3.51. The highest BCUT2D eigenvalue weighted by Crippen LogP contribution is 2.28. The Hall–Kier alpha value is -1.65. The Morgan fingerprint density at radius 3 is 2.62 bits per heavy atom. The first-order valence-electron chi connectivity index (χ1n) is 7.21. The zero-order chi connectivity index (χ0) is 15.2. The number of thiocarbonyl (C=S) groups is 1. The average Bonchev–Trinajstić information content (AvgIpc) is 2.50. The zero-order valence-electron chi connectivity index (χ0n) is 12.6. The third-order valence-corrected chi connectivity index (χ3v) is 3.87. The fourth-order valence-corrected chi connectivity index (χ4v) is 2.93. The summed E-state index contributed by atoms with van der Waals surface area (Å²) in [4.78, 5) is 2.06. The maximum absolute atomic E-state index is 5.94.